The van der Waals surface area contributed by atoms with E-state index in [2.05, 4.69) is 0 Å². The molecule has 0 fully saturated rings. The van der Waals surface area contributed by atoms with Gasteiger partial charge in [0.2, 0.25) is 0 Å². The molecule has 0 heterocycles. The van der Waals surface area contributed by atoms with Gasteiger partial charge in [0.15, 0.2) is 11.6 Å². The number of nitro groups is 2. The molecule has 38 heavy (non-hydrogen) atoms. The van der Waals surface area contributed by atoms with Crippen molar-refractivity contribution in [1.29, 1.82) is 0 Å². The molecule has 0 aromatic heterocycles. The van der Waals surface area contributed by atoms with Crippen LogP contribution in [-0.4, -0.2) is 33.8 Å². The monoisotopic (exact) mass is 612 g/mol. The van der Waals surface area contributed by atoms with Crippen LogP contribution in [0.1, 0.15) is 0 Å². The maximum atomic E-state index is 14.4. The zero-order valence-electron chi connectivity index (χ0n) is 18.4. The summed E-state index contributed by atoms with van der Waals surface area (Å²) in [5, 5.41) is 20.4. The Morgan fingerprint density at radius 2 is 1.24 bits per heavy atom. The summed E-state index contributed by atoms with van der Waals surface area (Å²) in [6.07, 6.45) is 0. The average molecular weight is 613 g/mol. The second kappa shape index (κ2) is 10.5. The molecule has 0 unspecified atom stereocenters. The van der Waals surface area contributed by atoms with Crippen LogP contribution in [0.25, 0.3) is 0 Å². The Balaban J connectivity index is 2.06. The molecule has 0 aliphatic rings. The number of sulfonamides is 2. The summed E-state index contributed by atoms with van der Waals surface area (Å²) < 4.78 is 89.2. The van der Waals surface area contributed by atoms with Gasteiger partial charge in [0.25, 0.3) is 31.4 Å². The van der Waals surface area contributed by atoms with Crippen LogP contribution in [0.2, 0.25) is 10.0 Å². The highest BCUT2D eigenvalue weighted by atomic mass is 35.5. The number of halogens is 4. The van der Waals surface area contributed by atoms with Crippen molar-refractivity contribution >= 4 is 66.0 Å². The van der Waals surface area contributed by atoms with E-state index >= 15 is 0 Å². The minimum absolute atomic E-state index is 0.408. The normalized spacial score (nSPS) is 11.6. The van der Waals surface area contributed by atoms with E-state index in [0.29, 0.717) is 30.3 Å². The number of hydrogen-bond acceptors (Lipinski definition) is 9. The van der Waals surface area contributed by atoms with E-state index in [9.17, 15) is 45.8 Å². The van der Waals surface area contributed by atoms with E-state index in [-0.39, 0.29) is 0 Å². The number of ether oxygens (including phenoxy) is 1. The van der Waals surface area contributed by atoms with Crippen LogP contribution in [0, 0.1) is 31.9 Å². The van der Waals surface area contributed by atoms with Gasteiger partial charge in [0.05, 0.1) is 44.0 Å². The van der Waals surface area contributed by atoms with Crippen molar-refractivity contribution in [1.82, 2.24) is 0 Å². The van der Waals surface area contributed by atoms with E-state index in [4.69, 9.17) is 27.9 Å². The predicted molar refractivity (Wildman–Crippen MR) is 131 cm³/mol. The molecule has 202 valence electrons. The molecular weight excluding hydrogens is 601 g/mol. The van der Waals surface area contributed by atoms with Crippen LogP contribution in [0.15, 0.2) is 52.3 Å². The molecule has 0 saturated carbocycles. The van der Waals surface area contributed by atoms with Gasteiger partial charge in [-0.15, -0.1) is 0 Å². The second-order valence-corrected chi connectivity index (χ2v) is 11.3. The Labute approximate surface area is 222 Å². The lowest BCUT2D eigenvalue weighted by atomic mass is 10.3. The summed E-state index contributed by atoms with van der Waals surface area (Å²) in [6.45, 7) is 0. The fourth-order valence-electron chi connectivity index (χ4n) is 2.94. The number of methoxy groups -OCH3 is 1. The van der Waals surface area contributed by atoms with Gasteiger partial charge in [-0.05, 0) is 18.2 Å². The third-order valence-electron chi connectivity index (χ3n) is 4.68. The van der Waals surface area contributed by atoms with Crippen LogP contribution in [0.4, 0.5) is 31.5 Å². The van der Waals surface area contributed by atoms with E-state index in [1.54, 1.807) is 9.44 Å². The highest BCUT2D eigenvalue weighted by Gasteiger charge is 2.28. The minimum atomic E-state index is -4.86. The van der Waals surface area contributed by atoms with Crippen LogP contribution in [0.5, 0.6) is 5.75 Å². The number of hydrogen-bond donors (Lipinski definition) is 2. The van der Waals surface area contributed by atoms with E-state index in [0.717, 1.165) is 19.2 Å². The molecule has 0 atom stereocenters. The molecule has 19 heteroatoms. The van der Waals surface area contributed by atoms with Gasteiger partial charge in [0, 0.05) is 12.1 Å². The molecule has 0 amide bonds. The molecule has 2 N–H and O–H groups in total. The van der Waals surface area contributed by atoms with Crippen LogP contribution in [-0.2, 0) is 20.0 Å². The number of nitro benzene ring substituents is 2. The second-order valence-electron chi connectivity index (χ2n) is 7.11. The molecule has 3 aromatic carbocycles. The predicted octanol–water partition coefficient (Wildman–Crippen LogP) is 4.70. The smallest absolute Gasteiger partial charge is 0.274 e. The van der Waals surface area contributed by atoms with Crippen molar-refractivity contribution in [3.63, 3.8) is 0 Å². The van der Waals surface area contributed by atoms with Gasteiger partial charge in [0.1, 0.15) is 22.0 Å². The van der Waals surface area contributed by atoms with Gasteiger partial charge in [-0.1, -0.05) is 23.2 Å². The lowest BCUT2D eigenvalue weighted by Crippen LogP contribution is -2.18. The molecule has 0 saturated heterocycles. The molecule has 3 aromatic rings. The summed E-state index contributed by atoms with van der Waals surface area (Å²) in [7, 11) is -8.58. The van der Waals surface area contributed by atoms with Crippen molar-refractivity contribution in [2.75, 3.05) is 16.6 Å². The van der Waals surface area contributed by atoms with E-state index in [1.807, 2.05) is 0 Å². The Hall–Kier alpha value is -3.80. The first-order valence-electron chi connectivity index (χ1n) is 9.58. The molecule has 13 nitrogen and oxygen atoms in total. The summed E-state index contributed by atoms with van der Waals surface area (Å²) in [5.41, 5.74) is -3.23. The number of rotatable bonds is 9. The molecule has 3 rings (SSSR count). The number of non-ortho nitro benzene ring substituents is 2. The highest BCUT2D eigenvalue weighted by Crippen LogP contribution is 2.36. The number of nitrogens with one attached hydrogen (secondary N) is 2. The first-order chi connectivity index (χ1) is 17.6. The molecule has 0 aliphatic carbocycles. The lowest BCUT2D eigenvalue weighted by molar-refractivity contribution is -0.385. The maximum Gasteiger partial charge on any atom is 0.274 e. The molecular formula is C19H12Cl2F2N4O9S2. The first kappa shape index (κ1) is 28.8. The molecule has 0 bridgehead atoms. The van der Waals surface area contributed by atoms with Gasteiger partial charge in [-0.2, -0.15) is 0 Å². The topological polar surface area (TPSA) is 188 Å². The quantitative estimate of drug-likeness (QED) is 0.255. The minimum Gasteiger partial charge on any atom is -0.495 e. The third kappa shape index (κ3) is 5.85. The van der Waals surface area contributed by atoms with E-state index in [1.165, 1.54) is 0 Å². The third-order valence-corrected chi connectivity index (χ3v) is 8.00. The van der Waals surface area contributed by atoms with Gasteiger partial charge in [-0.25, -0.2) is 25.6 Å². The Morgan fingerprint density at radius 1 is 0.789 bits per heavy atom. The van der Waals surface area contributed by atoms with Gasteiger partial charge in [-0.3, -0.25) is 29.7 Å². The van der Waals surface area contributed by atoms with Crippen molar-refractivity contribution in [3.8, 4) is 5.75 Å². The zero-order valence-corrected chi connectivity index (χ0v) is 21.6. The molecule has 0 aliphatic heterocycles. The Bertz CT molecular complexity index is 1660. The fourth-order valence-corrected chi connectivity index (χ4v) is 6.03. The van der Waals surface area contributed by atoms with Crippen molar-refractivity contribution in [2.45, 2.75) is 9.79 Å². The average Bonchev–Trinajstić information content (AvgIpc) is 2.82. The SMILES string of the molecule is COc1ccc(S(=O)(=O)Nc2c(F)cc([N+](=O)[O-])cc2Cl)cc1S(=O)(=O)Nc1c(F)cc([N+](=O)[O-])cc1Cl. The van der Waals surface area contributed by atoms with Crippen molar-refractivity contribution in [3.05, 3.63) is 84.4 Å². The fraction of sp³-hybridized carbons (Fsp3) is 0.0526. The van der Waals surface area contributed by atoms with Crippen molar-refractivity contribution in [2.24, 2.45) is 0 Å². The van der Waals surface area contributed by atoms with Crippen LogP contribution < -0.4 is 14.2 Å². The summed E-state index contributed by atoms with van der Waals surface area (Å²) in [4.78, 5) is 18.2. The summed E-state index contributed by atoms with van der Waals surface area (Å²) >= 11 is 11.6. The number of nitrogens with zero attached hydrogens (tertiary/aromatic N) is 2. The number of anilines is 2. The Morgan fingerprint density at radius 3 is 1.63 bits per heavy atom. The van der Waals surface area contributed by atoms with Crippen LogP contribution >= 0.6 is 23.2 Å². The van der Waals surface area contributed by atoms with Gasteiger partial charge < -0.3 is 4.74 Å². The van der Waals surface area contributed by atoms with Gasteiger partial charge >= 0.3 is 0 Å². The van der Waals surface area contributed by atoms with Crippen molar-refractivity contribution < 1.29 is 40.2 Å². The lowest BCUT2D eigenvalue weighted by Gasteiger charge is -2.15. The first-order valence-corrected chi connectivity index (χ1v) is 13.3. The summed E-state index contributed by atoms with van der Waals surface area (Å²) in [6, 6.07) is 4.60. The summed E-state index contributed by atoms with van der Waals surface area (Å²) in [5.74, 6) is -3.20. The number of benzene rings is 3. The molecule has 0 spiro atoms. The Kier molecular flexibility index (Phi) is 7.96. The van der Waals surface area contributed by atoms with E-state index < -0.39 is 89.9 Å². The standard InChI is InChI=1S/C19H12Cl2F2N4O9S2/c1-36-16-3-2-11(37(32,33)24-18-12(20)4-9(26(28)29)6-14(18)22)8-17(16)38(34,35)25-19-13(21)5-10(27(30)31)7-15(19)23/h2-8,24-25H,1H3. The van der Waals surface area contributed by atoms with Crippen LogP contribution in [0.3, 0.4) is 0 Å². The zero-order chi connectivity index (χ0) is 28.6. The maximum absolute atomic E-state index is 14.4. The highest BCUT2D eigenvalue weighted by molar-refractivity contribution is 7.93. The molecule has 0 radical (unpaired) electrons. The largest absolute Gasteiger partial charge is 0.495 e.